The molecule has 0 aliphatic carbocycles. The van der Waals surface area contributed by atoms with Crippen molar-refractivity contribution >= 4 is 29.6 Å². The maximum absolute atomic E-state index is 11.8. The van der Waals surface area contributed by atoms with Crippen molar-refractivity contribution in [3.63, 3.8) is 0 Å². The second kappa shape index (κ2) is 4.86. The van der Waals surface area contributed by atoms with Crippen LogP contribution in [0.1, 0.15) is 13.3 Å². The molecular formula is C11H13NO6S. The predicted octanol–water partition coefficient (Wildman–Crippen LogP) is -0.288. The number of aliphatic hydroxyl groups is 1. The first-order chi connectivity index (χ1) is 8.84. The number of carbonyl (C=O) groups is 3. The van der Waals surface area contributed by atoms with E-state index in [1.807, 2.05) is 0 Å². The van der Waals surface area contributed by atoms with E-state index in [9.17, 15) is 19.5 Å². The first-order valence-electron chi connectivity index (χ1n) is 5.66. The molecule has 0 spiro atoms. The SMILES string of the molecule is CC(O)C1C(=O)N2C(C(=O)O)=C(SCC(=O)O)C[C@H]12. The molecular weight excluding hydrogens is 274 g/mol. The first kappa shape index (κ1) is 13.9. The molecule has 1 fully saturated rings. The summed E-state index contributed by atoms with van der Waals surface area (Å²) in [6.45, 7) is 1.49. The fourth-order valence-electron chi connectivity index (χ4n) is 2.51. The molecule has 3 N–H and O–H groups in total. The Hall–Kier alpha value is -1.54. The number of amides is 1. The molecule has 1 saturated heterocycles. The van der Waals surface area contributed by atoms with Crippen molar-refractivity contribution in [2.24, 2.45) is 5.92 Å². The van der Waals surface area contributed by atoms with Gasteiger partial charge in [-0.05, 0) is 6.92 Å². The van der Waals surface area contributed by atoms with E-state index < -0.39 is 29.9 Å². The number of nitrogens with zero attached hydrogens (tertiary/aromatic N) is 1. The summed E-state index contributed by atoms with van der Waals surface area (Å²) in [5.41, 5.74) is -0.141. The second-order valence-electron chi connectivity index (χ2n) is 4.51. The molecule has 2 heterocycles. The number of hydrogen-bond acceptors (Lipinski definition) is 5. The molecule has 104 valence electrons. The van der Waals surface area contributed by atoms with Gasteiger partial charge in [-0.15, -0.1) is 11.8 Å². The summed E-state index contributed by atoms with van der Waals surface area (Å²) < 4.78 is 0. The van der Waals surface area contributed by atoms with Crippen LogP contribution >= 0.6 is 11.8 Å². The van der Waals surface area contributed by atoms with Crippen LogP contribution in [0.5, 0.6) is 0 Å². The second-order valence-corrected chi connectivity index (χ2v) is 5.58. The lowest BCUT2D eigenvalue weighted by Gasteiger charge is -2.44. The van der Waals surface area contributed by atoms with Gasteiger partial charge in [0.25, 0.3) is 0 Å². The number of fused-ring (bicyclic) bond motifs is 1. The van der Waals surface area contributed by atoms with Crippen LogP contribution in [0, 0.1) is 5.92 Å². The highest BCUT2D eigenvalue weighted by molar-refractivity contribution is 8.03. The van der Waals surface area contributed by atoms with Crippen LogP contribution in [-0.2, 0) is 14.4 Å². The lowest BCUT2D eigenvalue weighted by molar-refractivity contribution is -0.161. The number of thioether (sulfide) groups is 1. The van der Waals surface area contributed by atoms with Crippen LogP contribution in [-0.4, -0.2) is 56.0 Å². The molecule has 2 unspecified atom stereocenters. The molecule has 19 heavy (non-hydrogen) atoms. The Bertz CT molecular complexity index is 486. The van der Waals surface area contributed by atoms with Gasteiger partial charge < -0.3 is 20.2 Å². The average molecular weight is 287 g/mol. The van der Waals surface area contributed by atoms with Crippen molar-refractivity contribution < 1.29 is 29.7 Å². The summed E-state index contributed by atoms with van der Waals surface area (Å²) in [6.07, 6.45) is -0.548. The Morgan fingerprint density at radius 3 is 2.58 bits per heavy atom. The Kier molecular flexibility index (Phi) is 3.55. The number of aliphatic carboxylic acids is 2. The van der Waals surface area contributed by atoms with Gasteiger partial charge in [-0.3, -0.25) is 9.59 Å². The van der Waals surface area contributed by atoms with E-state index in [0.717, 1.165) is 16.7 Å². The molecule has 0 aromatic rings. The number of carbonyl (C=O) groups excluding carboxylic acids is 1. The van der Waals surface area contributed by atoms with Gasteiger partial charge in [-0.25, -0.2) is 4.79 Å². The van der Waals surface area contributed by atoms with Gasteiger partial charge in [0.05, 0.1) is 23.8 Å². The number of β-lactam (4-membered cyclic amide) rings is 1. The Morgan fingerprint density at radius 1 is 1.47 bits per heavy atom. The molecule has 0 saturated carbocycles. The van der Waals surface area contributed by atoms with E-state index in [0.29, 0.717) is 11.3 Å². The average Bonchev–Trinajstić information content (AvgIpc) is 2.60. The molecule has 8 heteroatoms. The minimum Gasteiger partial charge on any atom is -0.481 e. The third-order valence-corrected chi connectivity index (χ3v) is 4.36. The van der Waals surface area contributed by atoms with Gasteiger partial charge in [0.15, 0.2) is 0 Å². The smallest absolute Gasteiger partial charge is 0.353 e. The Morgan fingerprint density at radius 2 is 2.11 bits per heavy atom. The van der Waals surface area contributed by atoms with Crippen LogP contribution in [0.2, 0.25) is 0 Å². The zero-order chi connectivity index (χ0) is 14.3. The predicted molar refractivity (Wildman–Crippen MR) is 65.2 cm³/mol. The molecule has 0 aromatic carbocycles. The summed E-state index contributed by atoms with van der Waals surface area (Å²) in [5, 5.41) is 27.3. The Labute approximate surface area is 112 Å². The molecule has 1 amide bonds. The molecule has 2 aliphatic heterocycles. The topological polar surface area (TPSA) is 115 Å². The van der Waals surface area contributed by atoms with Gasteiger partial charge in [0.2, 0.25) is 5.91 Å². The van der Waals surface area contributed by atoms with Crippen LogP contribution < -0.4 is 0 Å². The van der Waals surface area contributed by atoms with Crippen molar-refractivity contribution in [3.05, 3.63) is 10.6 Å². The summed E-state index contributed by atoms with van der Waals surface area (Å²) in [5.74, 6) is -3.55. The van der Waals surface area contributed by atoms with E-state index in [2.05, 4.69) is 0 Å². The quantitative estimate of drug-likeness (QED) is 0.595. The van der Waals surface area contributed by atoms with Gasteiger partial charge in [0, 0.05) is 11.3 Å². The van der Waals surface area contributed by atoms with Crippen LogP contribution in [0.3, 0.4) is 0 Å². The lowest BCUT2D eigenvalue weighted by atomic mass is 9.83. The first-order valence-corrected chi connectivity index (χ1v) is 6.65. The van der Waals surface area contributed by atoms with Crippen LogP contribution in [0.15, 0.2) is 10.6 Å². The number of aliphatic hydroxyl groups excluding tert-OH is 1. The van der Waals surface area contributed by atoms with Crippen molar-refractivity contribution in [2.75, 3.05) is 5.75 Å². The number of carboxylic acids is 2. The maximum Gasteiger partial charge on any atom is 0.353 e. The van der Waals surface area contributed by atoms with Crippen molar-refractivity contribution in [3.8, 4) is 0 Å². The minimum absolute atomic E-state index is 0.141. The monoisotopic (exact) mass is 287 g/mol. The van der Waals surface area contributed by atoms with Crippen molar-refractivity contribution in [1.82, 2.24) is 4.90 Å². The van der Waals surface area contributed by atoms with Gasteiger partial charge in [0.1, 0.15) is 5.70 Å². The zero-order valence-corrected chi connectivity index (χ0v) is 10.9. The summed E-state index contributed by atoms with van der Waals surface area (Å²) in [4.78, 5) is 35.1. The van der Waals surface area contributed by atoms with E-state index >= 15 is 0 Å². The highest BCUT2D eigenvalue weighted by Crippen LogP contribution is 2.46. The highest BCUT2D eigenvalue weighted by Gasteiger charge is 2.56. The molecule has 2 rings (SSSR count). The number of carboxylic acid groups (broad SMARTS) is 2. The Balaban J connectivity index is 2.21. The van der Waals surface area contributed by atoms with E-state index in [-0.39, 0.29) is 17.5 Å². The summed E-state index contributed by atoms with van der Waals surface area (Å²) >= 11 is 0.916. The molecule has 7 nitrogen and oxygen atoms in total. The van der Waals surface area contributed by atoms with E-state index in [4.69, 9.17) is 10.2 Å². The van der Waals surface area contributed by atoms with E-state index in [1.54, 1.807) is 0 Å². The number of hydrogen-bond donors (Lipinski definition) is 3. The highest BCUT2D eigenvalue weighted by atomic mass is 32.2. The molecule has 0 radical (unpaired) electrons. The third kappa shape index (κ3) is 2.21. The van der Waals surface area contributed by atoms with Gasteiger partial charge >= 0.3 is 11.9 Å². The summed E-state index contributed by atoms with van der Waals surface area (Å²) in [6, 6.07) is -0.366. The third-order valence-electron chi connectivity index (χ3n) is 3.26. The van der Waals surface area contributed by atoms with Crippen LogP contribution in [0.4, 0.5) is 0 Å². The fraction of sp³-hybridized carbons (Fsp3) is 0.545. The molecule has 0 bridgehead atoms. The van der Waals surface area contributed by atoms with E-state index in [1.165, 1.54) is 6.92 Å². The number of rotatable bonds is 5. The van der Waals surface area contributed by atoms with Gasteiger partial charge in [-0.1, -0.05) is 0 Å². The minimum atomic E-state index is -1.24. The zero-order valence-electron chi connectivity index (χ0n) is 10.1. The molecule has 2 aliphatic rings. The summed E-state index contributed by atoms with van der Waals surface area (Å²) in [7, 11) is 0. The van der Waals surface area contributed by atoms with Crippen molar-refractivity contribution in [1.29, 1.82) is 0 Å². The maximum atomic E-state index is 11.8. The lowest BCUT2D eigenvalue weighted by Crippen LogP contribution is -2.61. The van der Waals surface area contributed by atoms with Crippen LogP contribution in [0.25, 0.3) is 0 Å². The van der Waals surface area contributed by atoms with Crippen molar-refractivity contribution in [2.45, 2.75) is 25.5 Å². The molecule has 0 aromatic heterocycles. The standard InChI is InChI=1S/C11H13NO6S/c1-4(13)8-5-2-6(19-3-7(14)15)9(11(17)18)12(5)10(8)16/h4-5,8,13H,2-3H2,1H3,(H,14,15)(H,17,18)/t4?,5-,8?/m1/s1. The fourth-order valence-corrected chi connectivity index (χ4v) is 3.42. The van der Waals surface area contributed by atoms with Gasteiger partial charge in [-0.2, -0.15) is 0 Å². The largest absolute Gasteiger partial charge is 0.481 e. The normalized spacial score (nSPS) is 27.1. The molecule has 3 atom stereocenters.